The first-order chi connectivity index (χ1) is 16.0. The minimum atomic E-state index is -3.66. The Hall–Kier alpha value is -2.87. The average molecular weight is 467 g/mol. The van der Waals surface area contributed by atoms with Crippen LogP contribution in [0.5, 0.6) is 0 Å². The number of sulfonamides is 1. The van der Waals surface area contributed by atoms with Crippen molar-refractivity contribution in [2.75, 3.05) is 36.4 Å². The number of carbonyl (C=O) groups is 1. The summed E-state index contributed by atoms with van der Waals surface area (Å²) in [6.07, 6.45) is 6.64. The van der Waals surface area contributed by atoms with Gasteiger partial charge in [0.2, 0.25) is 5.91 Å². The van der Waals surface area contributed by atoms with Crippen LogP contribution in [0.4, 0.5) is 11.4 Å². The first-order valence-corrected chi connectivity index (χ1v) is 13.3. The van der Waals surface area contributed by atoms with Gasteiger partial charge in [0.15, 0.2) is 5.84 Å². The van der Waals surface area contributed by atoms with E-state index in [2.05, 4.69) is 26.7 Å². The molecule has 7 nitrogen and oxygen atoms in total. The molecule has 2 saturated heterocycles. The molecule has 3 aliphatic heterocycles. The largest absolute Gasteiger partial charge is 0.372 e. The van der Waals surface area contributed by atoms with Gasteiger partial charge in [0.1, 0.15) is 4.90 Å². The van der Waals surface area contributed by atoms with Crippen molar-refractivity contribution in [3.8, 4) is 0 Å². The average Bonchev–Trinajstić information content (AvgIpc) is 2.99. The Morgan fingerprint density at radius 1 is 0.879 bits per heavy atom. The molecule has 8 heteroatoms. The summed E-state index contributed by atoms with van der Waals surface area (Å²) in [6.45, 7) is 3.33. The van der Waals surface area contributed by atoms with E-state index in [9.17, 15) is 13.2 Å². The fourth-order valence-electron chi connectivity index (χ4n) is 5.03. The second-order valence-corrected chi connectivity index (χ2v) is 10.7. The van der Waals surface area contributed by atoms with Crippen molar-refractivity contribution in [1.82, 2.24) is 4.90 Å². The van der Waals surface area contributed by atoms with Crippen LogP contribution in [0.15, 0.2) is 57.8 Å². The van der Waals surface area contributed by atoms with E-state index in [0.717, 1.165) is 31.6 Å². The molecule has 0 spiro atoms. The van der Waals surface area contributed by atoms with Crippen molar-refractivity contribution in [3.63, 3.8) is 0 Å². The number of nitrogens with zero attached hydrogens (tertiary/aromatic N) is 3. The topological polar surface area (TPSA) is 82.1 Å². The van der Waals surface area contributed by atoms with Gasteiger partial charge in [-0.2, -0.15) is 8.42 Å². The molecule has 33 heavy (non-hydrogen) atoms. The molecule has 2 aromatic rings. The fourth-order valence-corrected chi connectivity index (χ4v) is 6.26. The molecule has 0 aromatic heterocycles. The monoisotopic (exact) mass is 466 g/mol. The fraction of sp³-hybridized carbons (Fsp3) is 0.440. The van der Waals surface area contributed by atoms with Crippen molar-refractivity contribution in [3.05, 3.63) is 54.1 Å². The van der Waals surface area contributed by atoms with Gasteiger partial charge in [-0.25, -0.2) is 0 Å². The SMILES string of the molecule is O=C(Nc1ccc(N2CCCCCC2)cc1)C1CCCN(C2=NS(=O)(=O)c3ccccc32)C1. The Kier molecular flexibility index (Phi) is 6.10. The molecule has 1 N–H and O–H groups in total. The van der Waals surface area contributed by atoms with Crippen molar-refractivity contribution in [2.24, 2.45) is 10.3 Å². The molecule has 2 aromatic carbocycles. The highest BCUT2D eigenvalue weighted by Crippen LogP contribution is 2.30. The second kappa shape index (κ2) is 9.17. The van der Waals surface area contributed by atoms with Crippen molar-refractivity contribution < 1.29 is 13.2 Å². The summed E-state index contributed by atoms with van der Waals surface area (Å²) in [5, 5.41) is 3.06. The number of likely N-dealkylation sites (tertiary alicyclic amines) is 1. The second-order valence-electron chi connectivity index (χ2n) is 9.11. The smallest absolute Gasteiger partial charge is 0.285 e. The lowest BCUT2D eigenvalue weighted by Crippen LogP contribution is -2.43. The Morgan fingerprint density at radius 2 is 1.58 bits per heavy atom. The Labute approximate surface area is 195 Å². The quantitative estimate of drug-likeness (QED) is 0.743. The lowest BCUT2D eigenvalue weighted by molar-refractivity contribution is -0.121. The van der Waals surface area contributed by atoms with Gasteiger partial charge in [-0.05, 0) is 62.1 Å². The highest BCUT2D eigenvalue weighted by atomic mass is 32.2. The normalized spacial score (nSPS) is 22.3. The van der Waals surface area contributed by atoms with Crippen LogP contribution in [0.3, 0.4) is 0 Å². The summed E-state index contributed by atoms with van der Waals surface area (Å²) in [4.78, 5) is 17.6. The van der Waals surface area contributed by atoms with Crippen LogP contribution in [0.2, 0.25) is 0 Å². The Bertz CT molecular complexity index is 1150. The molecule has 0 radical (unpaired) electrons. The van der Waals surface area contributed by atoms with Crippen LogP contribution >= 0.6 is 0 Å². The lowest BCUT2D eigenvalue weighted by Gasteiger charge is -2.33. The number of rotatable bonds is 3. The summed E-state index contributed by atoms with van der Waals surface area (Å²) >= 11 is 0. The number of fused-ring (bicyclic) bond motifs is 1. The molecule has 3 heterocycles. The summed E-state index contributed by atoms with van der Waals surface area (Å²) in [5.74, 6) is 0.212. The molecule has 0 aliphatic carbocycles. The van der Waals surface area contributed by atoms with E-state index in [4.69, 9.17) is 0 Å². The molecule has 3 aliphatic rings. The Morgan fingerprint density at radius 3 is 2.33 bits per heavy atom. The number of nitrogens with one attached hydrogen (secondary N) is 1. The van der Waals surface area contributed by atoms with E-state index < -0.39 is 10.0 Å². The minimum absolute atomic E-state index is 0.0306. The minimum Gasteiger partial charge on any atom is -0.372 e. The van der Waals surface area contributed by atoms with Crippen molar-refractivity contribution >= 4 is 33.1 Å². The van der Waals surface area contributed by atoms with Crippen molar-refractivity contribution in [1.29, 1.82) is 0 Å². The van der Waals surface area contributed by atoms with E-state index in [0.29, 0.717) is 24.5 Å². The van der Waals surface area contributed by atoms with E-state index in [1.807, 2.05) is 23.1 Å². The molecule has 5 rings (SSSR count). The predicted molar refractivity (Wildman–Crippen MR) is 130 cm³/mol. The number of amides is 1. The molecule has 1 unspecified atom stereocenters. The van der Waals surface area contributed by atoms with E-state index >= 15 is 0 Å². The molecule has 0 bridgehead atoms. The third-order valence-electron chi connectivity index (χ3n) is 6.81. The first kappa shape index (κ1) is 21.9. The molecule has 174 valence electrons. The van der Waals surface area contributed by atoms with E-state index in [1.54, 1.807) is 18.2 Å². The van der Waals surface area contributed by atoms with Gasteiger partial charge < -0.3 is 15.1 Å². The number of amidine groups is 1. The van der Waals surface area contributed by atoms with Crippen LogP contribution < -0.4 is 10.2 Å². The van der Waals surface area contributed by atoms with Gasteiger partial charge >= 0.3 is 0 Å². The zero-order valence-electron chi connectivity index (χ0n) is 18.7. The maximum atomic E-state index is 13.0. The third-order valence-corrected chi connectivity index (χ3v) is 8.14. The van der Waals surface area contributed by atoms with Crippen LogP contribution in [0.25, 0.3) is 0 Å². The van der Waals surface area contributed by atoms with Gasteiger partial charge in [-0.1, -0.05) is 25.0 Å². The zero-order valence-corrected chi connectivity index (χ0v) is 19.6. The van der Waals surface area contributed by atoms with Gasteiger partial charge in [0.05, 0.1) is 5.92 Å². The number of hydrogen-bond acceptors (Lipinski definition) is 5. The van der Waals surface area contributed by atoms with Crippen LogP contribution in [0.1, 0.15) is 44.1 Å². The summed E-state index contributed by atoms with van der Waals surface area (Å²) in [6, 6.07) is 15.0. The molecular formula is C25H30N4O3S. The number of benzene rings is 2. The number of anilines is 2. The highest BCUT2D eigenvalue weighted by molar-refractivity contribution is 7.90. The van der Waals surface area contributed by atoms with Gasteiger partial charge in [0, 0.05) is 43.1 Å². The van der Waals surface area contributed by atoms with Crippen LogP contribution in [-0.2, 0) is 14.8 Å². The summed E-state index contributed by atoms with van der Waals surface area (Å²) in [7, 11) is -3.66. The number of carbonyl (C=O) groups excluding carboxylic acids is 1. The lowest BCUT2D eigenvalue weighted by atomic mass is 9.96. The maximum absolute atomic E-state index is 13.0. The number of hydrogen-bond donors (Lipinski definition) is 1. The van der Waals surface area contributed by atoms with Crippen LogP contribution in [0, 0.1) is 5.92 Å². The highest BCUT2D eigenvalue weighted by Gasteiger charge is 2.35. The number of piperidine rings is 1. The molecular weight excluding hydrogens is 436 g/mol. The molecule has 1 amide bonds. The predicted octanol–water partition coefficient (Wildman–Crippen LogP) is 3.87. The van der Waals surface area contributed by atoms with Gasteiger partial charge in [-0.3, -0.25) is 4.79 Å². The molecule has 1 atom stereocenters. The van der Waals surface area contributed by atoms with Gasteiger partial charge in [-0.15, -0.1) is 4.40 Å². The molecule has 0 saturated carbocycles. The molecule has 2 fully saturated rings. The summed E-state index contributed by atoms with van der Waals surface area (Å²) in [5.41, 5.74) is 2.63. The summed E-state index contributed by atoms with van der Waals surface area (Å²) < 4.78 is 28.9. The maximum Gasteiger partial charge on any atom is 0.285 e. The van der Waals surface area contributed by atoms with Crippen LogP contribution in [-0.4, -0.2) is 51.2 Å². The van der Waals surface area contributed by atoms with E-state index in [1.165, 1.54) is 31.4 Å². The van der Waals surface area contributed by atoms with Gasteiger partial charge in [0.25, 0.3) is 10.0 Å². The van der Waals surface area contributed by atoms with E-state index in [-0.39, 0.29) is 16.7 Å². The third kappa shape index (κ3) is 4.62. The van der Waals surface area contributed by atoms with Crippen molar-refractivity contribution in [2.45, 2.75) is 43.4 Å². The first-order valence-electron chi connectivity index (χ1n) is 11.9. The Balaban J connectivity index is 1.25. The zero-order chi connectivity index (χ0) is 22.8. The standard InChI is InChI=1S/C25H30N4O3S/c30-25(26-20-11-13-21(14-12-20)28-15-5-1-2-6-16-28)19-8-7-17-29(18-19)24-22-9-3-4-10-23(22)33(31,32)27-24/h3-4,9-14,19H,1-2,5-8,15-18H2,(H,26,30).